The van der Waals surface area contributed by atoms with Gasteiger partial charge < -0.3 is 15.8 Å². The molecule has 1 aliphatic heterocycles. The molecule has 4 nitrogen and oxygen atoms in total. The van der Waals surface area contributed by atoms with Crippen LogP contribution in [0.5, 0.6) is 0 Å². The van der Waals surface area contributed by atoms with Crippen LogP contribution in [0.4, 0.5) is 0 Å². The van der Waals surface area contributed by atoms with E-state index < -0.39 is 6.04 Å². The number of nitrogens with one attached hydrogen (secondary N) is 1. The van der Waals surface area contributed by atoms with E-state index in [2.05, 4.69) is 38.2 Å². The third-order valence-electron chi connectivity index (χ3n) is 4.66. The zero-order valence-corrected chi connectivity index (χ0v) is 15.8. The number of amides is 1. The summed E-state index contributed by atoms with van der Waals surface area (Å²) in [6.07, 6.45) is 2.65. The largest absolute Gasteiger partial charge is 0.381 e. The molecule has 0 aliphatic carbocycles. The molecule has 2 rings (SSSR count). The fraction of sp³-hybridized carbons (Fsp3) is 0.632. The highest BCUT2D eigenvalue weighted by atomic mass is 35.5. The Kier molecular flexibility index (Phi) is 8.74. The zero-order valence-electron chi connectivity index (χ0n) is 15.0. The van der Waals surface area contributed by atoms with E-state index in [0.717, 1.165) is 19.3 Å². The summed E-state index contributed by atoms with van der Waals surface area (Å²) in [7, 11) is 0. The van der Waals surface area contributed by atoms with E-state index in [1.54, 1.807) is 0 Å². The summed E-state index contributed by atoms with van der Waals surface area (Å²) in [4.78, 5) is 12.6. The first-order valence-corrected chi connectivity index (χ1v) is 8.68. The first-order chi connectivity index (χ1) is 11.0. The lowest BCUT2D eigenvalue weighted by Gasteiger charge is -2.29. The lowest BCUT2D eigenvalue weighted by Crippen LogP contribution is -2.48. The van der Waals surface area contributed by atoms with E-state index in [-0.39, 0.29) is 30.3 Å². The number of carbonyl (C=O) groups is 1. The van der Waals surface area contributed by atoms with Crippen LogP contribution in [-0.2, 0) is 9.53 Å². The van der Waals surface area contributed by atoms with Crippen molar-refractivity contribution in [2.75, 3.05) is 13.2 Å². The molecule has 1 aromatic rings. The third kappa shape index (κ3) is 5.76. The molecule has 5 heteroatoms. The molecule has 1 amide bonds. The molecule has 0 spiro atoms. The van der Waals surface area contributed by atoms with Crippen LogP contribution in [-0.4, -0.2) is 25.2 Å². The fourth-order valence-electron chi connectivity index (χ4n) is 3.27. The Balaban J connectivity index is 0.00000288. The van der Waals surface area contributed by atoms with Crippen molar-refractivity contribution in [3.63, 3.8) is 0 Å². The van der Waals surface area contributed by atoms with Crippen molar-refractivity contribution in [2.24, 2.45) is 17.6 Å². The van der Waals surface area contributed by atoms with E-state index >= 15 is 0 Å². The van der Waals surface area contributed by atoms with Crippen molar-refractivity contribution in [1.82, 2.24) is 5.32 Å². The maximum Gasteiger partial charge on any atom is 0.237 e. The van der Waals surface area contributed by atoms with Gasteiger partial charge in [-0.15, -0.1) is 12.4 Å². The highest BCUT2D eigenvalue weighted by molar-refractivity contribution is 5.85. The number of rotatable bonds is 6. The van der Waals surface area contributed by atoms with Gasteiger partial charge >= 0.3 is 0 Å². The Labute approximate surface area is 151 Å². The monoisotopic (exact) mass is 354 g/mol. The zero-order chi connectivity index (χ0) is 16.8. The van der Waals surface area contributed by atoms with Gasteiger partial charge in [0.25, 0.3) is 0 Å². The number of aryl methyl sites for hydroxylation is 1. The fourth-order valence-corrected chi connectivity index (χ4v) is 3.27. The van der Waals surface area contributed by atoms with Gasteiger partial charge in [-0.1, -0.05) is 38.1 Å². The van der Waals surface area contributed by atoms with Gasteiger partial charge in [0.1, 0.15) is 0 Å². The Morgan fingerprint density at radius 2 is 1.92 bits per heavy atom. The van der Waals surface area contributed by atoms with Crippen LogP contribution in [0.25, 0.3) is 0 Å². The smallest absolute Gasteiger partial charge is 0.237 e. The molecule has 3 N–H and O–H groups in total. The van der Waals surface area contributed by atoms with Crippen molar-refractivity contribution in [2.45, 2.75) is 52.1 Å². The number of ether oxygens (including phenoxy) is 1. The Morgan fingerprint density at radius 1 is 1.29 bits per heavy atom. The van der Waals surface area contributed by atoms with Crippen molar-refractivity contribution in [3.8, 4) is 0 Å². The van der Waals surface area contributed by atoms with E-state index in [1.165, 1.54) is 11.1 Å². The van der Waals surface area contributed by atoms with Gasteiger partial charge in [-0.05, 0) is 49.1 Å². The Hall–Kier alpha value is -1.10. The standard InChI is InChI=1S/C19H30N2O2.ClH/c1-13(2)12-17(16-7-5-4-6-14(16)3)21-19(22)18(20)15-8-10-23-11-9-15;/h4-7,13,15,17-18H,8-12,20H2,1-3H3,(H,21,22);1H. The maximum absolute atomic E-state index is 12.6. The summed E-state index contributed by atoms with van der Waals surface area (Å²) in [5.41, 5.74) is 8.61. The number of nitrogens with two attached hydrogens (primary N) is 1. The van der Waals surface area contributed by atoms with Gasteiger partial charge in [0, 0.05) is 13.2 Å². The van der Waals surface area contributed by atoms with Crippen LogP contribution in [0.3, 0.4) is 0 Å². The quantitative estimate of drug-likeness (QED) is 0.823. The van der Waals surface area contributed by atoms with Gasteiger partial charge in [-0.3, -0.25) is 4.79 Å². The normalized spacial score (nSPS) is 17.9. The lowest BCUT2D eigenvalue weighted by molar-refractivity contribution is -0.125. The number of hydrogen-bond donors (Lipinski definition) is 2. The lowest BCUT2D eigenvalue weighted by atomic mass is 9.90. The molecule has 1 aliphatic rings. The first-order valence-electron chi connectivity index (χ1n) is 8.68. The van der Waals surface area contributed by atoms with Gasteiger partial charge in [0.05, 0.1) is 12.1 Å². The highest BCUT2D eigenvalue weighted by Crippen LogP contribution is 2.25. The van der Waals surface area contributed by atoms with Crippen LogP contribution in [0.15, 0.2) is 24.3 Å². The van der Waals surface area contributed by atoms with Crippen molar-refractivity contribution in [1.29, 1.82) is 0 Å². The molecule has 0 saturated carbocycles. The van der Waals surface area contributed by atoms with E-state index in [1.807, 2.05) is 12.1 Å². The molecule has 0 radical (unpaired) electrons. The number of benzene rings is 1. The topological polar surface area (TPSA) is 64.4 Å². The minimum atomic E-state index is -0.447. The maximum atomic E-state index is 12.6. The Morgan fingerprint density at radius 3 is 2.50 bits per heavy atom. The minimum Gasteiger partial charge on any atom is -0.381 e. The predicted molar refractivity (Wildman–Crippen MR) is 100 cm³/mol. The number of carbonyl (C=O) groups excluding carboxylic acids is 1. The average molecular weight is 355 g/mol. The van der Waals surface area contributed by atoms with Crippen LogP contribution in [0, 0.1) is 18.8 Å². The SMILES string of the molecule is Cc1ccccc1C(CC(C)C)NC(=O)C(N)C1CCOCC1.Cl. The molecule has 1 fully saturated rings. The number of hydrogen-bond acceptors (Lipinski definition) is 3. The molecular formula is C19H31ClN2O2. The second kappa shape index (κ2) is 10.0. The van der Waals surface area contributed by atoms with Crippen LogP contribution < -0.4 is 11.1 Å². The molecule has 136 valence electrons. The van der Waals surface area contributed by atoms with Gasteiger partial charge in [-0.2, -0.15) is 0 Å². The molecule has 0 bridgehead atoms. The Bertz CT molecular complexity index is 516. The third-order valence-corrected chi connectivity index (χ3v) is 4.66. The van der Waals surface area contributed by atoms with Crippen molar-refractivity contribution in [3.05, 3.63) is 35.4 Å². The van der Waals surface area contributed by atoms with Crippen LogP contribution in [0.1, 0.15) is 50.3 Å². The summed E-state index contributed by atoms with van der Waals surface area (Å²) >= 11 is 0. The molecule has 1 heterocycles. The highest BCUT2D eigenvalue weighted by Gasteiger charge is 2.28. The predicted octanol–water partition coefficient (Wildman–Crippen LogP) is 3.37. The van der Waals surface area contributed by atoms with Crippen molar-refractivity contribution < 1.29 is 9.53 Å². The average Bonchev–Trinajstić information content (AvgIpc) is 2.54. The first kappa shape index (κ1) is 20.9. The molecule has 2 unspecified atom stereocenters. The second-order valence-electron chi connectivity index (χ2n) is 7.02. The van der Waals surface area contributed by atoms with Gasteiger partial charge in [0.15, 0.2) is 0 Å². The summed E-state index contributed by atoms with van der Waals surface area (Å²) in [6, 6.07) is 7.82. The summed E-state index contributed by atoms with van der Waals surface area (Å²) < 4.78 is 5.36. The van der Waals surface area contributed by atoms with Gasteiger partial charge in [0.2, 0.25) is 5.91 Å². The summed E-state index contributed by atoms with van der Waals surface area (Å²) in [5, 5.41) is 3.20. The van der Waals surface area contributed by atoms with E-state index in [4.69, 9.17) is 10.5 Å². The minimum absolute atomic E-state index is 0. The molecular weight excluding hydrogens is 324 g/mol. The van der Waals surface area contributed by atoms with Gasteiger partial charge in [-0.25, -0.2) is 0 Å². The molecule has 24 heavy (non-hydrogen) atoms. The summed E-state index contributed by atoms with van der Waals surface area (Å²) in [6.45, 7) is 7.86. The van der Waals surface area contributed by atoms with E-state index in [9.17, 15) is 4.79 Å². The molecule has 1 saturated heterocycles. The van der Waals surface area contributed by atoms with Crippen LogP contribution in [0.2, 0.25) is 0 Å². The summed E-state index contributed by atoms with van der Waals surface area (Å²) in [5.74, 6) is 0.685. The molecule has 0 aromatic heterocycles. The number of halogens is 1. The van der Waals surface area contributed by atoms with E-state index in [0.29, 0.717) is 19.1 Å². The van der Waals surface area contributed by atoms with Crippen LogP contribution >= 0.6 is 12.4 Å². The van der Waals surface area contributed by atoms with Crippen molar-refractivity contribution >= 4 is 18.3 Å². The molecule has 2 atom stereocenters. The molecule has 1 aromatic carbocycles. The second-order valence-corrected chi connectivity index (χ2v) is 7.02.